The standard InChI is InChI=1S/C12H9F3N2O/c1-17-6-10(11(18)16-7-17)8-3-2-4-9(5-8)12(13,14)15/h2-7H,1H3. The van der Waals surface area contributed by atoms with Crippen molar-refractivity contribution in [2.75, 3.05) is 0 Å². The Bertz CT molecular complexity index is 632. The van der Waals surface area contributed by atoms with Crippen LogP contribution in [0.3, 0.4) is 0 Å². The lowest BCUT2D eigenvalue weighted by atomic mass is 10.1. The summed E-state index contributed by atoms with van der Waals surface area (Å²) in [5, 5.41) is 0. The fraction of sp³-hybridized carbons (Fsp3) is 0.167. The molecule has 0 N–H and O–H groups in total. The van der Waals surface area contributed by atoms with Crippen LogP contribution in [0.5, 0.6) is 0 Å². The fourth-order valence-corrected chi connectivity index (χ4v) is 1.57. The van der Waals surface area contributed by atoms with Crippen molar-refractivity contribution in [3.8, 4) is 11.1 Å². The summed E-state index contributed by atoms with van der Waals surface area (Å²) in [5.74, 6) is 0. The first-order valence-electron chi connectivity index (χ1n) is 5.08. The van der Waals surface area contributed by atoms with E-state index < -0.39 is 17.3 Å². The molecule has 0 aliphatic rings. The quantitative estimate of drug-likeness (QED) is 0.783. The van der Waals surface area contributed by atoms with E-state index in [2.05, 4.69) is 4.98 Å². The summed E-state index contributed by atoms with van der Waals surface area (Å²) in [6, 6.07) is 4.63. The highest BCUT2D eigenvalue weighted by atomic mass is 19.4. The van der Waals surface area contributed by atoms with E-state index >= 15 is 0 Å². The first-order chi connectivity index (χ1) is 8.38. The number of nitrogens with zero attached hydrogens (tertiary/aromatic N) is 2. The number of aryl methyl sites for hydroxylation is 1. The predicted molar refractivity (Wildman–Crippen MR) is 59.9 cm³/mol. The smallest absolute Gasteiger partial charge is 0.341 e. The minimum atomic E-state index is -4.43. The molecule has 0 fully saturated rings. The minimum absolute atomic E-state index is 0.145. The second-order valence-electron chi connectivity index (χ2n) is 3.84. The summed E-state index contributed by atoms with van der Waals surface area (Å²) in [7, 11) is 1.64. The molecule has 0 bridgehead atoms. The van der Waals surface area contributed by atoms with E-state index in [1.807, 2.05) is 0 Å². The number of hydrogen-bond donors (Lipinski definition) is 0. The van der Waals surface area contributed by atoms with Gasteiger partial charge < -0.3 is 4.57 Å². The Labute approximate surface area is 101 Å². The number of benzene rings is 1. The summed E-state index contributed by atoms with van der Waals surface area (Å²) < 4.78 is 39.2. The van der Waals surface area contributed by atoms with Crippen LogP contribution in [0.15, 0.2) is 41.6 Å². The van der Waals surface area contributed by atoms with Gasteiger partial charge in [-0.05, 0) is 17.7 Å². The molecule has 94 valence electrons. The second kappa shape index (κ2) is 4.29. The first-order valence-corrected chi connectivity index (χ1v) is 5.08. The molecule has 0 unspecified atom stereocenters. The molecule has 0 aliphatic carbocycles. The highest BCUT2D eigenvalue weighted by molar-refractivity contribution is 5.62. The summed E-state index contributed by atoms with van der Waals surface area (Å²) >= 11 is 0. The maximum Gasteiger partial charge on any atom is 0.416 e. The van der Waals surface area contributed by atoms with Crippen LogP contribution in [0.1, 0.15) is 5.56 Å². The van der Waals surface area contributed by atoms with Gasteiger partial charge in [0, 0.05) is 13.2 Å². The van der Waals surface area contributed by atoms with E-state index in [0.717, 1.165) is 12.1 Å². The summed E-state index contributed by atoms with van der Waals surface area (Å²) in [4.78, 5) is 15.1. The van der Waals surface area contributed by atoms with E-state index in [1.54, 1.807) is 7.05 Å². The molecule has 18 heavy (non-hydrogen) atoms. The van der Waals surface area contributed by atoms with Gasteiger partial charge in [-0.1, -0.05) is 12.1 Å². The van der Waals surface area contributed by atoms with Crippen molar-refractivity contribution >= 4 is 0 Å². The topological polar surface area (TPSA) is 34.9 Å². The largest absolute Gasteiger partial charge is 0.416 e. The highest BCUT2D eigenvalue weighted by Crippen LogP contribution is 2.31. The monoisotopic (exact) mass is 254 g/mol. The Morgan fingerprint density at radius 2 is 2.00 bits per heavy atom. The molecular formula is C12H9F3N2O. The number of rotatable bonds is 1. The van der Waals surface area contributed by atoms with Crippen LogP contribution in [-0.2, 0) is 13.2 Å². The molecule has 0 atom stereocenters. The van der Waals surface area contributed by atoms with Crippen molar-refractivity contribution in [1.29, 1.82) is 0 Å². The van der Waals surface area contributed by atoms with Gasteiger partial charge in [-0.25, -0.2) is 0 Å². The summed E-state index contributed by atoms with van der Waals surface area (Å²) in [6.07, 6.45) is -1.67. The molecule has 0 saturated carbocycles. The molecule has 0 aliphatic heterocycles. The van der Waals surface area contributed by atoms with Crippen LogP contribution in [0, 0.1) is 0 Å². The van der Waals surface area contributed by atoms with Crippen LogP contribution < -0.4 is 5.56 Å². The molecular weight excluding hydrogens is 245 g/mol. The molecule has 3 nitrogen and oxygen atoms in total. The molecule has 2 rings (SSSR count). The molecule has 1 aromatic heterocycles. The first kappa shape index (κ1) is 12.3. The fourth-order valence-electron chi connectivity index (χ4n) is 1.57. The van der Waals surface area contributed by atoms with Crippen LogP contribution in [0.2, 0.25) is 0 Å². The van der Waals surface area contributed by atoms with E-state index in [9.17, 15) is 18.0 Å². The third-order valence-corrected chi connectivity index (χ3v) is 2.42. The zero-order valence-electron chi connectivity index (χ0n) is 9.40. The zero-order chi connectivity index (χ0) is 13.3. The Kier molecular flexibility index (Phi) is 2.94. The maximum absolute atomic E-state index is 12.6. The Morgan fingerprint density at radius 1 is 1.28 bits per heavy atom. The van der Waals surface area contributed by atoms with Gasteiger partial charge in [0.15, 0.2) is 0 Å². The Balaban J connectivity index is 2.58. The summed E-state index contributed by atoms with van der Waals surface area (Å²) in [5.41, 5.74) is -0.983. The van der Waals surface area contributed by atoms with Crippen LogP contribution >= 0.6 is 0 Å². The lowest BCUT2D eigenvalue weighted by molar-refractivity contribution is -0.137. The van der Waals surface area contributed by atoms with Gasteiger partial charge >= 0.3 is 6.18 Å². The molecule has 0 spiro atoms. The summed E-state index contributed by atoms with van der Waals surface area (Å²) in [6.45, 7) is 0. The predicted octanol–water partition coefficient (Wildman–Crippen LogP) is 2.47. The normalized spacial score (nSPS) is 11.6. The average molecular weight is 254 g/mol. The van der Waals surface area contributed by atoms with Crippen molar-refractivity contribution in [2.24, 2.45) is 7.05 Å². The second-order valence-corrected chi connectivity index (χ2v) is 3.84. The third-order valence-electron chi connectivity index (χ3n) is 2.42. The van der Waals surface area contributed by atoms with Crippen molar-refractivity contribution < 1.29 is 13.2 Å². The number of aromatic nitrogens is 2. The maximum atomic E-state index is 12.6. The van der Waals surface area contributed by atoms with Crippen molar-refractivity contribution in [3.63, 3.8) is 0 Å². The van der Waals surface area contributed by atoms with Crippen LogP contribution in [0.4, 0.5) is 13.2 Å². The van der Waals surface area contributed by atoms with Crippen molar-refractivity contribution in [2.45, 2.75) is 6.18 Å². The third kappa shape index (κ3) is 2.42. The molecule has 2 aromatic rings. The molecule has 0 saturated heterocycles. The SMILES string of the molecule is Cn1cnc(=O)c(-c2cccc(C(F)(F)F)c2)c1. The Morgan fingerprint density at radius 3 is 2.67 bits per heavy atom. The molecule has 0 radical (unpaired) electrons. The Hall–Kier alpha value is -2.11. The van der Waals surface area contributed by atoms with Crippen molar-refractivity contribution in [3.05, 3.63) is 52.7 Å². The zero-order valence-corrected chi connectivity index (χ0v) is 9.40. The highest BCUT2D eigenvalue weighted by Gasteiger charge is 2.30. The number of alkyl halides is 3. The average Bonchev–Trinajstić information content (AvgIpc) is 2.31. The van der Waals surface area contributed by atoms with Crippen LogP contribution in [0.25, 0.3) is 11.1 Å². The van der Waals surface area contributed by atoms with Crippen molar-refractivity contribution in [1.82, 2.24) is 9.55 Å². The number of halogens is 3. The van der Waals surface area contributed by atoms with E-state index in [4.69, 9.17) is 0 Å². The van der Waals surface area contributed by atoms with Gasteiger partial charge in [0.1, 0.15) is 0 Å². The minimum Gasteiger partial charge on any atom is -0.341 e. The van der Waals surface area contributed by atoms with Crippen LogP contribution in [-0.4, -0.2) is 9.55 Å². The van der Waals surface area contributed by atoms with Gasteiger partial charge in [0.05, 0.1) is 17.5 Å². The van der Waals surface area contributed by atoms with Gasteiger partial charge in [0.25, 0.3) is 5.56 Å². The molecule has 0 amide bonds. The number of hydrogen-bond acceptors (Lipinski definition) is 2. The van der Waals surface area contributed by atoms with Gasteiger partial charge in [-0.15, -0.1) is 0 Å². The van der Waals surface area contributed by atoms with Gasteiger partial charge in [-0.2, -0.15) is 18.2 Å². The molecule has 1 heterocycles. The van der Waals surface area contributed by atoms with E-state index in [1.165, 1.54) is 29.2 Å². The van der Waals surface area contributed by atoms with E-state index in [0.29, 0.717) is 0 Å². The molecule has 6 heteroatoms. The van der Waals surface area contributed by atoms with Gasteiger partial charge in [0.2, 0.25) is 0 Å². The van der Waals surface area contributed by atoms with E-state index in [-0.39, 0.29) is 11.1 Å². The molecule has 1 aromatic carbocycles. The van der Waals surface area contributed by atoms with Gasteiger partial charge in [-0.3, -0.25) is 4.79 Å². The lowest BCUT2D eigenvalue weighted by Gasteiger charge is -2.08. The lowest BCUT2D eigenvalue weighted by Crippen LogP contribution is -2.12.